The van der Waals surface area contributed by atoms with Gasteiger partial charge in [-0.15, -0.1) is 0 Å². The number of aromatic nitrogens is 1. The van der Waals surface area contributed by atoms with Gasteiger partial charge in [-0.3, -0.25) is 4.79 Å². The Morgan fingerprint density at radius 3 is 2.96 bits per heavy atom. The molecule has 1 aromatic rings. The van der Waals surface area contributed by atoms with E-state index in [1.807, 2.05) is 0 Å². The first-order chi connectivity index (χ1) is 12.7. The van der Waals surface area contributed by atoms with Crippen molar-refractivity contribution in [3.8, 4) is 5.88 Å². The van der Waals surface area contributed by atoms with Crippen LogP contribution in [0.1, 0.15) is 57.6 Å². The van der Waals surface area contributed by atoms with E-state index in [2.05, 4.69) is 21.9 Å². The lowest BCUT2D eigenvalue weighted by Crippen LogP contribution is -2.51. The largest absolute Gasteiger partial charge is 0.479 e. The van der Waals surface area contributed by atoms with Gasteiger partial charge in [-0.1, -0.05) is 13.3 Å². The quantitative estimate of drug-likeness (QED) is 0.710. The summed E-state index contributed by atoms with van der Waals surface area (Å²) >= 11 is 0. The molecule has 3 heterocycles. The van der Waals surface area contributed by atoms with Crippen LogP contribution < -0.4 is 4.74 Å². The van der Waals surface area contributed by atoms with E-state index in [9.17, 15) is 4.79 Å². The second-order valence-corrected chi connectivity index (χ2v) is 7.68. The van der Waals surface area contributed by atoms with Crippen LogP contribution in [0.15, 0.2) is 10.6 Å². The summed E-state index contributed by atoms with van der Waals surface area (Å²) in [6.07, 6.45) is 8.56. The number of carbonyl (C=O) groups is 1. The molecule has 1 aromatic heterocycles. The Hall–Kier alpha value is -1.56. The molecule has 26 heavy (non-hydrogen) atoms. The fourth-order valence-electron chi connectivity index (χ4n) is 4.56. The van der Waals surface area contributed by atoms with E-state index in [4.69, 9.17) is 9.26 Å². The second-order valence-electron chi connectivity index (χ2n) is 7.68. The lowest BCUT2D eigenvalue weighted by Gasteiger charge is -2.45. The van der Waals surface area contributed by atoms with Gasteiger partial charge in [-0.05, 0) is 56.3 Å². The Kier molecular flexibility index (Phi) is 6.94. The van der Waals surface area contributed by atoms with Gasteiger partial charge in [0.2, 0.25) is 5.91 Å². The van der Waals surface area contributed by atoms with Crippen LogP contribution in [0.5, 0.6) is 5.88 Å². The van der Waals surface area contributed by atoms with Crippen molar-refractivity contribution in [3.63, 3.8) is 0 Å². The number of methoxy groups -OCH3 is 1. The fraction of sp³-hybridized carbons (Fsp3) is 0.800. The molecule has 0 radical (unpaired) electrons. The molecule has 0 spiro atoms. The van der Waals surface area contributed by atoms with Crippen LogP contribution in [0.3, 0.4) is 0 Å². The van der Waals surface area contributed by atoms with Crippen molar-refractivity contribution in [2.45, 2.75) is 64.3 Å². The number of hydrogen-bond donors (Lipinski definition) is 0. The molecule has 0 saturated carbocycles. The van der Waals surface area contributed by atoms with Gasteiger partial charge in [0.15, 0.2) is 0 Å². The molecule has 3 rings (SSSR count). The van der Waals surface area contributed by atoms with Crippen LogP contribution in [0.2, 0.25) is 0 Å². The lowest BCUT2D eigenvalue weighted by molar-refractivity contribution is -0.132. The number of carbonyl (C=O) groups excluding carboxylic acids is 1. The van der Waals surface area contributed by atoms with E-state index >= 15 is 0 Å². The van der Waals surface area contributed by atoms with E-state index in [0.29, 0.717) is 36.4 Å². The van der Waals surface area contributed by atoms with Crippen molar-refractivity contribution in [3.05, 3.63) is 11.8 Å². The Morgan fingerprint density at radius 1 is 1.35 bits per heavy atom. The monoisotopic (exact) mass is 363 g/mol. The third-order valence-electron chi connectivity index (χ3n) is 5.86. The predicted molar refractivity (Wildman–Crippen MR) is 100 cm³/mol. The zero-order valence-corrected chi connectivity index (χ0v) is 16.3. The molecular weight excluding hydrogens is 330 g/mol. The maximum Gasteiger partial charge on any atom is 0.254 e. The fourth-order valence-corrected chi connectivity index (χ4v) is 4.56. The second kappa shape index (κ2) is 9.40. The van der Waals surface area contributed by atoms with Gasteiger partial charge in [0.05, 0.1) is 7.11 Å². The average molecular weight is 364 g/mol. The topological polar surface area (TPSA) is 58.8 Å². The molecule has 2 fully saturated rings. The summed E-state index contributed by atoms with van der Waals surface area (Å²) in [5.74, 6) is 2.04. The minimum absolute atomic E-state index is 0.232. The summed E-state index contributed by atoms with van der Waals surface area (Å²) in [4.78, 5) is 17.6. The Bertz CT molecular complexity index is 572. The van der Waals surface area contributed by atoms with Crippen molar-refractivity contribution in [2.24, 2.45) is 5.92 Å². The number of amides is 1. The smallest absolute Gasteiger partial charge is 0.254 e. The van der Waals surface area contributed by atoms with Gasteiger partial charge < -0.3 is 19.1 Å². The highest BCUT2D eigenvalue weighted by Crippen LogP contribution is 2.31. The maximum atomic E-state index is 12.8. The summed E-state index contributed by atoms with van der Waals surface area (Å²) in [5.41, 5.74) is 0. The number of nitrogens with zero attached hydrogens (tertiary/aromatic N) is 3. The van der Waals surface area contributed by atoms with Gasteiger partial charge in [-0.25, -0.2) is 0 Å². The Balaban J connectivity index is 1.55. The van der Waals surface area contributed by atoms with Crippen LogP contribution in [0.4, 0.5) is 0 Å². The zero-order valence-electron chi connectivity index (χ0n) is 16.3. The molecule has 0 aromatic carbocycles. The average Bonchev–Trinajstić information content (AvgIpc) is 3.14. The molecule has 1 amide bonds. The molecule has 0 unspecified atom stereocenters. The number of hydrogen-bond acceptors (Lipinski definition) is 5. The minimum atomic E-state index is 0.232. The van der Waals surface area contributed by atoms with Gasteiger partial charge in [0, 0.05) is 38.0 Å². The lowest BCUT2D eigenvalue weighted by atomic mass is 9.83. The van der Waals surface area contributed by atoms with Crippen LogP contribution in [0.25, 0.3) is 0 Å². The number of aryl methyl sites for hydroxylation is 1. The number of ether oxygens (including phenoxy) is 1. The van der Waals surface area contributed by atoms with Crippen molar-refractivity contribution in [2.75, 3.05) is 33.3 Å². The molecular formula is C20H33N3O3. The maximum absolute atomic E-state index is 12.8. The van der Waals surface area contributed by atoms with Crippen molar-refractivity contribution in [1.82, 2.24) is 15.0 Å². The van der Waals surface area contributed by atoms with Crippen LogP contribution in [-0.4, -0.2) is 60.2 Å². The first-order valence-corrected chi connectivity index (χ1v) is 10.2. The highest BCUT2D eigenvalue weighted by molar-refractivity contribution is 5.76. The molecule has 0 bridgehead atoms. The normalized spacial score (nSPS) is 23.5. The van der Waals surface area contributed by atoms with Crippen LogP contribution >= 0.6 is 0 Å². The van der Waals surface area contributed by atoms with E-state index in [0.717, 1.165) is 19.5 Å². The zero-order chi connectivity index (χ0) is 18.4. The number of piperidine rings is 2. The summed E-state index contributed by atoms with van der Waals surface area (Å²) < 4.78 is 10.2. The highest BCUT2D eigenvalue weighted by Gasteiger charge is 2.34. The van der Waals surface area contributed by atoms with Crippen molar-refractivity contribution >= 4 is 5.91 Å². The van der Waals surface area contributed by atoms with E-state index in [-0.39, 0.29) is 5.91 Å². The van der Waals surface area contributed by atoms with Gasteiger partial charge in [0.1, 0.15) is 5.76 Å². The summed E-state index contributed by atoms with van der Waals surface area (Å²) in [6, 6.07) is 2.45. The van der Waals surface area contributed by atoms with Gasteiger partial charge >= 0.3 is 0 Å². The number of fused-ring (bicyclic) bond motifs is 1. The van der Waals surface area contributed by atoms with Crippen LogP contribution in [0, 0.1) is 5.92 Å². The summed E-state index contributed by atoms with van der Waals surface area (Å²) in [6.45, 7) is 6.40. The molecule has 6 heteroatoms. The molecule has 146 valence electrons. The molecule has 0 N–H and O–H groups in total. The molecule has 6 nitrogen and oxygen atoms in total. The van der Waals surface area contributed by atoms with Crippen molar-refractivity contribution < 1.29 is 14.1 Å². The molecule has 2 saturated heterocycles. The number of rotatable bonds is 8. The molecule has 0 aliphatic carbocycles. The van der Waals surface area contributed by atoms with E-state index in [1.54, 1.807) is 13.2 Å². The standard InChI is InChI=1S/C20H33N3O3/c1-3-11-23(20(24)10-9-17-14-19(25-2)21-26-17)15-16-7-6-13-22-12-5-4-8-18(16)22/h14,16,18H,3-13,15H2,1-2H3/t16-,18-/m0/s1. The highest BCUT2D eigenvalue weighted by atomic mass is 16.5. The van der Waals surface area contributed by atoms with Gasteiger partial charge in [-0.2, -0.15) is 0 Å². The minimum Gasteiger partial charge on any atom is -0.479 e. The Labute approximate surface area is 156 Å². The predicted octanol–water partition coefficient (Wildman–Crippen LogP) is 3.12. The SMILES string of the molecule is CCCN(C[C@@H]1CCCN2CCCC[C@@H]12)C(=O)CCc1cc(OC)no1. The molecule has 2 aliphatic heterocycles. The Morgan fingerprint density at radius 2 is 2.19 bits per heavy atom. The third kappa shape index (κ3) is 4.78. The van der Waals surface area contributed by atoms with Crippen molar-refractivity contribution in [1.29, 1.82) is 0 Å². The van der Waals surface area contributed by atoms with E-state index < -0.39 is 0 Å². The van der Waals surface area contributed by atoms with Gasteiger partial charge in [0.25, 0.3) is 5.88 Å². The summed E-state index contributed by atoms with van der Waals surface area (Å²) in [7, 11) is 1.56. The third-order valence-corrected chi connectivity index (χ3v) is 5.86. The molecule has 2 atom stereocenters. The first-order valence-electron chi connectivity index (χ1n) is 10.2. The first kappa shape index (κ1) is 19.2. The van der Waals surface area contributed by atoms with Crippen LogP contribution in [-0.2, 0) is 11.2 Å². The summed E-state index contributed by atoms with van der Waals surface area (Å²) in [5, 5.41) is 3.80. The molecule has 2 aliphatic rings. The van der Waals surface area contributed by atoms with E-state index in [1.165, 1.54) is 45.2 Å².